The van der Waals surface area contributed by atoms with Crippen molar-refractivity contribution in [2.24, 2.45) is 0 Å². The SMILES string of the molecule is O=C(c1ccc(F)cc1F)N(Cc1ccncc1)Cc1cccnc1. The maximum atomic E-state index is 14.0. The third-order valence-corrected chi connectivity index (χ3v) is 3.67. The van der Waals surface area contributed by atoms with E-state index in [1.807, 2.05) is 6.07 Å². The van der Waals surface area contributed by atoms with Crippen molar-refractivity contribution in [3.8, 4) is 0 Å². The minimum Gasteiger partial charge on any atom is -0.330 e. The topological polar surface area (TPSA) is 46.1 Å². The van der Waals surface area contributed by atoms with E-state index in [9.17, 15) is 13.6 Å². The Morgan fingerprint density at radius 3 is 2.36 bits per heavy atom. The number of carbonyl (C=O) groups excluding carboxylic acids is 1. The zero-order valence-electron chi connectivity index (χ0n) is 13.3. The highest BCUT2D eigenvalue weighted by Gasteiger charge is 2.20. The fraction of sp³-hybridized carbons (Fsp3) is 0.105. The molecular weight excluding hydrogens is 324 g/mol. The van der Waals surface area contributed by atoms with Gasteiger partial charge in [0.25, 0.3) is 5.91 Å². The van der Waals surface area contributed by atoms with Crippen LogP contribution in [0.3, 0.4) is 0 Å². The molecule has 25 heavy (non-hydrogen) atoms. The number of pyridine rings is 2. The highest BCUT2D eigenvalue weighted by molar-refractivity contribution is 5.94. The van der Waals surface area contributed by atoms with Gasteiger partial charge in [0.15, 0.2) is 0 Å². The van der Waals surface area contributed by atoms with Gasteiger partial charge < -0.3 is 4.90 Å². The van der Waals surface area contributed by atoms with E-state index in [4.69, 9.17) is 0 Å². The van der Waals surface area contributed by atoms with Crippen LogP contribution < -0.4 is 0 Å². The lowest BCUT2D eigenvalue weighted by Gasteiger charge is -2.23. The van der Waals surface area contributed by atoms with Crippen molar-refractivity contribution < 1.29 is 13.6 Å². The van der Waals surface area contributed by atoms with E-state index < -0.39 is 17.5 Å². The molecule has 0 fully saturated rings. The molecule has 3 rings (SSSR count). The molecule has 126 valence electrons. The summed E-state index contributed by atoms with van der Waals surface area (Å²) in [6.45, 7) is 0.527. The van der Waals surface area contributed by atoms with Crippen molar-refractivity contribution in [3.05, 3.63) is 95.6 Å². The molecule has 0 N–H and O–H groups in total. The fourth-order valence-corrected chi connectivity index (χ4v) is 2.45. The lowest BCUT2D eigenvalue weighted by Crippen LogP contribution is -2.31. The highest BCUT2D eigenvalue weighted by Crippen LogP contribution is 2.17. The first kappa shape index (κ1) is 16.7. The summed E-state index contributed by atoms with van der Waals surface area (Å²) in [5.74, 6) is -2.11. The third-order valence-electron chi connectivity index (χ3n) is 3.67. The van der Waals surface area contributed by atoms with Gasteiger partial charge in [0.05, 0.1) is 5.56 Å². The number of halogens is 2. The van der Waals surface area contributed by atoms with Crippen LogP contribution in [0.1, 0.15) is 21.5 Å². The largest absolute Gasteiger partial charge is 0.330 e. The lowest BCUT2D eigenvalue weighted by molar-refractivity contribution is 0.0725. The molecule has 2 heterocycles. The Morgan fingerprint density at radius 2 is 1.68 bits per heavy atom. The second kappa shape index (κ2) is 7.61. The predicted octanol–water partition coefficient (Wildman–Crippen LogP) is 3.60. The predicted molar refractivity (Wildman–Crippen MR) is 88.4 cm³/mol. The molecule has 0 aliphatic heterocycles. The first-order valence-electron chi connectivity index (χ1n) is 7.65. The number of hydrogen-bond donors (Lipinski definition) is 0. The van der Waals surface area contributed by atoms with Gasteiger partial charge in [-0.3, -0.25) is 14.8 Å². The maximum absolute atomic E-state index is 14.0. The Hall–Kier alpha value is -3.15. The molecule has 0 aliphatic rings. The minimum absolute atomic E-state index is 0.167. The smallest absolute Gasteiger partial charge is 0.257 e. The molecule has 0 saturated heterocycles. The number of rotatable bonds is 5. The molecule has 0 saturated carbocycles. The van der Waals surface area contributed by atoms with Crippen LogP contribution in [-0.4, -0.2) is 20.8 Å². The van der Waals surface area contributed by atoms with E-state index in [-0.39, 0.29) is 18.7 Å². The van der Waals surface area contributed by atoms with E-state index in [0.29, 0.717) is 6.07 Å². The number of nitrogens with zero attached hydrogens (tertiary/aromatic N) is 3. The van der Waals surface area contributed by atoms with Crippen LogP contribution in [0.15, 0.2) is 67.3 Å². The van der Waals surface area contributed by atoms with Crippen LogP contribution in [0.5, 0.6) is 0 Å². The second-order valence-corrected chi connectivity index (χ2v) is 5.50. The molecule has 1 amide bonds. The Labute approximate surface area is 143 Å². The fourth-order valence-electron chi connectivity index (χ4n) is 2.45. The Morgan fingerprint density at radius 1 is 0.920 bits per heavy atom. The molecule has 0 bridgehead atoms. The number of amides is 1. The van der Waals surface area contributed by atoms with Gasteiger partial charge in [-0.25, -0.2) is 8.78 Å². The van der Waals surface area contributed by atoms with Gasteiger partial charge in [-0.05, 0) is 41.5 Å². The molecule has 0 atom stereocenters. The lowest BCUT2D eigenvalue weighted by atomic mass is 10.1. The van der Waals surface area contributed by atoms with Gasteiger partial charge in [0.2, 0.25) is 0 Å². The van der Waals surface area contributed by atoms with Crippen LogP contribution in [0.2, 0.25) is 0 Å². The summed E-state index contributed by atoms with van der Waals surface area (Å²) in [7, 11) is 0. The van der Waals surface area contributed by atoms with E-state index in [1.165, 1.54) is 4.90 Å². The molecule has 1 aromatic carbocycles. The summed E-state index contributed by atoms with van der Waals surface area (Å²) >= 11 is 0. The van der Waals surface area contributed by atoms with E-state index in [0.717, 1.165) is 23.3 Å². The minimum atomic E-state index is -0.879. The maximum Gasteiger partial charge on any atom is 0.257 e. The van der Waals surface area contributed by atoms with Crippen LogP contribution in [-0.2, 0) is 13.1 Å². The molecule has 0 spiro atoms. The van der Waals surface area contributed by atoms with Crippen LogP contribution in [0.25, 0.3) is 0 Å². The zero-order chi connectivity index (χ0) is 17.6. The average molecular weight is 339 g/mol. The summed E-state index contributed by atoms with van der Waals surface area (Å²) in [5.41, 5.74) is 1.50. The van der Waals surface area contributed by atoms with Gasteiger partial charge in [-0.15, -0.1) is 0 Å². The molecule has 2 aromatic heterocycles. The highest BCUT2D eigenvalue weighted by atomic mass is 19.1. The summed E-state index contributed by atoms with van der Waals surface area (Å²) in [6, 6.07) is 10.1. The summed E-state index contributed by atoms with van der Waals surface area (Å²) in [4.78, 5) is 22.3. The van der Waals surface area contributed by atoms with E-state index in [2.05, 4.69) is 9.97 Å². The van der Waals surface area contributed by atoms with Crippen molar-refractivity contribution in [1.82, 2.24) is 14.9 Å². The number of carbonyl (C=O) groups is 1. The number of hydrogen-bond acceptors (Lipinski definition) is 3. The quantitative estimate of drug-likeness (QED) is 0.713. The Kier molecular flexibility index (Phi) is 5.09. The van der Waals surface area contributed by atoms with Crippen LogP contribution in [0, 0.1) is 11.6 Å². The molecule has 0 radical (unpaired) electrons. The van der Waals surface area contributed by atoms with Gasteiger partial charge in [0, 0.05) is 43.9 Å². The molecule has 0 unspecified atom stereocenters. The van der Waals surface area contributed by atoms with Crippen molar-refractivity contribution in [2.75, 3.05) is 0 Å². The molecule has 0 aliphatic carbocycles. The summed E-state index contributed by atoms with van der Waals surface area (Å²) in [5, 5.41) is 0. The van der Waals surface area contributed by atoms with Crippen molar-refractivity contribution >= 4 is 5.91 Å². The van der Waals surface area contributed by atoms with Crippen LogP contribution in [0.4, 0.5) is 8.78 Å². The molecule has 3 aromatic rings. The van der Waals surface area contributed by atoms with E-state index in [1.54, 1.807) is 43.0 Å². The third kappa shape index (κ3) is 4.23. The van der Waals surface area contributed by atoms with E-state index >= 15 is 0 Å². The second-order valence-electron chi connectivity index (χ2n) is 5.50. The number of benzene rings is 1. The van der Waals surface area contributed by atoms with Crippen LogP contribution >= 0.6 is 0 Å². The van der Waals surface area contributed by atoms with Gasteiger partial charge >= 0.3 is 0 Å². The van der Waals surface area contributed by atoms with Crippen molar-refractivity contribution in [2.45, 2.75) is 13.1 Å². The van der Waals surface area contributed by atoms with Gasteiger partial charge in [-0.2, -0.15) is 0 Å². The molecule has 6 heteroatoms. The number of aromatic nitrogens is 2. The molecular formula is C19H15F2N3O. The first-order chi connectivity index (χ1) is 12.1. The summed E-state index contributed by atoms with van der Waals surface area (Å²) in [6.07, 6.45) is 6.53. The Bertz CT molecular complexity index is 816. The zero-order valence-corrected chi connectivity index (χ0v) is 13.3. The first-order valence-corrected chi connectivity index (χ1v) is 7.65. The monoisotopic (exact) mass is 339 g/mol. The van der Waals surface area contributed by atoms with Crippen molar-refractivity contribution in [1.29, 1.82) is 0 Å². The van der Waals surface area contributed by atoms with Crippen molar-refractivity contribution in [3.63, 3.8) is 0 Å². The van der Waals surface area contributed by atoms with Gasteiger partial charge in [0.1, 0.15) is 11.6 Å². The average Bonchev–Trinajstić information content (AvgIpc) is 2.62. The summed E-state index contributed by atoms with van der Waals surface area (Å²) < 4.78 is 27.2. The Balaban J connectivity index is 1.90. The normalized spacial score (nSPS) is 10.5. The standard InChI is InChI=1S/C19H15F2N3O/c20-16-3-4-17(18(21)10-16)19(25)24(12-14-5-8-22-9-6-14)13-15-2-1-7-23-11-15/h1-11H,12-13H2. The molecule has 4 nitrogen and oxygen atoms in total. The van der Waals surface area contributed by atoms with Gasteiger partial charge in [-0.1, -0.05) is 6.07 Å².